The van der Waals surface area contributed by atoms with E-state index in [1.165, 1.54) is 23.8 Å². The highest BCUT2D eigenvalue weighted by molar-refractivity contribution is 8.04. The minimum atomic E-state index is -0.427. The summed E-state index contributed by atoms with van der Waals surface area (Å²) in [5.41, 5.74) is 1.97. The number of halogens is 1. The van der Waals surface area contributed by atoms with Crippen molar-refractivity contribution in [3.05, 3.63) is 63.5 Å². The SMILES string of the molecule is COC(=O)c1ccc2c(c1)N(C)C(=O)/C(=C/c1cccc(Cl)c1)S2. The zero-order valence-electron chi connectivity index (χ0n) is 13.1. The Balaban J connectivity index is 1.99. The quantitative estimate of drug-likeness (QED) is 0.594. The number of hydrogen-bond acceptors (Lipinski definition) is 4. The molecule has 0 aliphatic carbocycles. The van der Waals surface area contributed by atoms with Crippen molar-refractivity contribution in [1.82, 2.24) is 0 Å². The van der Waals surface area contributed by atoms with Crippen molar-refractivity contribution in [1.29, 1.82) is 0 Å². The van der Waals surface area contributed by atoms with Gasteiger partial charge in [0.15, 0.2) is 0 Å². The first kappa shape index (κ1) is 16.6. The molecule has 6 heteroatoms. The molecule has 2 aromatic carbocycles. The second kappa shape index (κ2) is 6.71. The fourth-order valence-electron chi connectivity index (χ4n) is 2.39. The van der Waals surface area contributed by atoms with E-state index < -0.39 is 5.97 Å². The Morgan fingerprint density at radius 3 is 2.75 bits per heavy atom. The minimum Gasteiger partial charge on any atom is -0.465 e. The zero-order chi connectivity index (χ0) is 17.3. The van der Waals surface area contributed by atoms with Crippen LogP contribution in [0.1, 0.15) is 15.9 Å². The van der Waals surface area contributed by atoms with Crippen LogP contribution >= 0.6 is 23.4 Å². The van der Waals surface area contributed by atoms with Crippen molar-refractivity contribution in [2.24, 2.45) is 0 Å². The van der Waals surface area contributed by atoms with Crippen LogP contribution in [0.4, 0.5) is 5.69 Å². The molecule has 1 aliphatic rings. The highest BCUT2D eigenvalue weighted by atomic mass is 35.5. The number of likely N-dealkylation sites (N-methyl/N-ethyl adjacent to an activating group) is 1. The second-order valence-electron chi connectivity index (χ2n) is 5.20. The summed E-state index contributed by atoms with van der Waals surface area (Å²) in [6, 6.07) is 12.5. The fourth-order valence-corrected chi connectivity index (χ4v) is 3.68. The molecule has 0 unspecified atom stereocenters. The average Bonchev–Trinajstić information content (AvgIpc) is 2.58. The van der Waals surface area contributed by atoms with Crippen LogP contribution in [0.5, 0.6) is 0 Å². The Bertz CT molecular complexity index is 863. The van der Waals surface area contributed by atoms with Gasteiger partial charge in [0, 0.05) is 17.0 Å². The molecule has 1 heterocycles. The van der Waals surface area contributed by atoms with Crippen LogP contribution in [0, 0.1) is 0 Å². The molecule has 0 aromatic heterocycles. The average molecular weight is 360 g/mol. The Morgan fingerprint density at radius 1 is 1.25 bits per heavy atom. The van der Waals surface area contributed by atoms with E-state index in [9.17, 15) is 9.59 Å². The van der Waals surface area contributed by atoms with Crippen LogP contribution in [0.25, 0.3) is 6.08 Å². The summed E-state index contributed by atoms with van der Waals surface area (Å²) >= 11 is 7.37. The smallest absolute Gasteiger partial charge is 0.337 e. The molecule has 0 bridgehead atoms. The molecule has 24 heavy (non-hydrogen) atoms. The third-order valence-electron chi connectivity index (χ3n) is 3.62. The lowest BCUT2D eigenvalue weighted by molar-refractivity contribution is -0.114. The third-order valence-corrected chi connectivity index (χ3v) is 4.94. The maximum absolute atomic E-state index is 12.6. The van der Waals surface area contributed by atoms with Gasteiger partial charge in [-0.3, -0.25) is 4.79 Å². The van der Waals surface area contributed by atoms with Gasteiger partial charge in [0.2, 0.25) is 0 Å². The van der Waals surface area contributed by atoms with Gasteiger partial charge < -0.3 is 9.64 Å². The Labute approximate surface area is 149 Å². The summed E-state index contributed by atoms with van der Waals surface area (Å²) in [6.07, 6.45) is 1.81. The van der Waals surface area contributed by atoms with Crippen LogP contribution in [0.3, 0.4) is 0 Å². The number of anilines is 1. The number of rotatable bonds is 2. The lowest BCUT2D eigenvalue weighted by Crippen LogP contribution is -2.30. The maximum atomic E-state index is 12.6. The number of fused-ring (bicyclic) bond motifs is 1. The maximum Gasteiger partial charge on any atom is 0.337 e. The Kier molecular flexibility index (Phi) is 4.64. The molecule has 0 saturated carbocycles. The van der Waals surface area contributed by atoms with Crippen molar-refractivity contribution >= 4 is 47.0 Å². The Hall–Kier alpha value is -2.24. The predicted molar refractivity (Wildman–Crippen MR) is 96.5 cm³/mol. The second-order valence-corrected chi connectivity index (χ2v) is 6.72. The van der Waals surface area contributed by atoms with E-state index in [-0.39, 0.29) is 5.91 Å². The van der Waals surface area contributed by atoms with Crippen molar-refractivity contribution in [2.45, 2.75) is 4.90 Å². The molecule has 0 N–H and O–H groups in total. The number of carbonyl (C=O) groups is 2. The number of hydrogen-bond donors (Lipinski definition) is 0. The van der Waals surface area contributed by atoms with Gasteiger partial charge in [0.25, 0.3) is 5.91 Å². The van der Waals surface area contributed by atoms with E-state index in [2.05, 4.69) is 0 Å². The number of ether oxygens (including phenoxy) is 1. The van der Waals surface area contributed by atoms with Crippen molar-refractivity contribution < 1.29 is 14.3 Å². The largest absolute Gasteiger partial charge is 0.465 e. The van der Waals surface area contributed by atoms with Crippen LogP contribution in [0.2, 0.25) is 5.02 Å². The molecule has 122 valence electrons. The van der Waals surface area contributed by atoms with E-state index in [1.807, 2.05) is 24.3 Å². The van der Waals surface area contributed by atoms with E-state index in [1.54, 1.807) is 31.3 Å². The van der Waals surface area contributed by atoms with Crippen molar-refractivity contribution in [3.63, 3.8) is 0 Å². The zero-order valence-corrected chi connectivity index (χ0v) is 14.6. The van der Waals surface area contributed by atoms with Gasteiger partial charge in [0.1, 0.15) is 0 Å². The summed E-state index contributed by atoms with van der Waals surface area (Å²) < 4.78 is 4.73. The van der Waals surface area contributed by atoms with Gasteiger partial charge in [-0.15, -0.1) is 0 Å². The normalized spacial score (nSPS) is 15.4. The highest BCUT2D eigenvalue weighted by Crippen LogP contribution is 2.42. The topological polar surface area (TPSA) is 46.6 Å². The molecule has 1 amide bonds. The van der Waals surface area contributed by atoms with E-state index in [0.717, 1.165) is 10.5 Å². The minimum absolute atomic E-state index is 0.130. The molecule has 4 nitrogen and oxygen atoms in total. The van der Waals surface area contributed by atoms with Crippen LogP contribution < -0.4 is 4.90 Å². The number of amides is 1. The number of methoxy groups -OCH3 is 1. The number of thioether (sulfide) groups is 1. The molecular weight excluding hydrogens is 346 g/mol. The lowest BCUT2D eigenvalue weighted by atomic mass is 10.1. The number of nitrogens with zero attached hydrogens (tertiary/aromatic N) is 1. The van der Waals surface area contributed by atoms with Crippen molar-refractivity contribution in [2.75, 3.05) is 19.1 Å². The Morgan fingerprint density at radius 2 is 2.04 bits per heavy atom. The van der Waals surface area contributed by atoms with Crippen molar-refractivity contribution in [3.8, 4) is 0 Å². The van der Waals surface area contributed by atoms with Crippen LogP contribution in [0.15, 0.2) is 52.3 Å². The van der Waals surface area contributed by atoms with E-state index >= 15 is 0 Å². The van der Waals surface area contributed by atoms with Crippen LogP contribution in [-0.4, -0.2) is 26.0 Å². The molecule has 0 radical (unpaired) electrons. The first-order valence-corrected chi connectivity index (χ1v) is 8.34. The molecule has 0 saturated heterocycles. The molecule has 0 spiro atoms. The van der Waals surface area contributed by atoms with E-state index in [0.29, 0.717) is 21.2 Å². The standard InChI is InChI=1S/C18H14ClNO3S/c1-20-14-10-12(18(22)23-2)6-7-15(14)24-16(17(20)21)9-11-4-3-5-13(19)8-11/h3-10H,1-2H3/b16-9-. The van der Waals surface area contributed by atoms with Gasteiger partial charge >= 0.3 is 5.97 Å². The van der Waals surface area contributed by atoms with Gasteiger partial charge in [-0.1, -0.05) is 35.5 Å². The molecular formula is C18H14ClNO3S. The number of carbonyl (C=O) groups excluding carboxylic acids is 2. The first-order valence-electron chi connectivity index (χ1n) is 7.15. The molecule has 1 aliphatic heterocycles. The first-order chi connectivity index (χ1) is 11.5. The third kappa shape index (κ3) is 3.18. The summed E-state index contributed by atoms with van der Waals surface area (Å²) in [5, 5.41) is 0.620. The summed E-state index contributed by atoms with van der Waals surface area (Å²) in [5.74, 6) is -0.557. The molecule has 3 rings (SSSR count). The van der Waals surface area contributed by atoms with Gasteiger partial charge in [-0.05, 0) is 42.0 Å². The van der Waals surface area contributed by atoms with Gasteiger partial charge in [-0.25, -0.2) is 4.79 Å². The van der Waals surface area contributed by atoms with Gasteiger partial charge in [-0.2, -0.15) is 0 Å². The molecule has 0 fully saturated rings. The number of benzene rings is 2. The highest BCUT2D eigenvalue weighted by Gasteiger charge is 2.27. The molecule has 2 aromatic rings. The predicted octanol–water partition coefficient (Wildman–Crippen LogP) is 4.24. The molecule has 0 atom stereocenters. The summed E-state index contributed by atoms with van der Waals surface area (Å²) in [4.78, 5) is 27.3. The number of esters is 1. The fraction of sp³-hybridized carbons (Fsp3) is 0.111. The van der Waals surface area contributed by atoms with Crippen LogP contribution in [-0.2, 0) is 9.53 Å². The van der Waals surface area contributed by atoms with Gasteiger partial charge in [0.05, 0.1) is 23.3 Å². The lowest BCUT2D eigenvalue weighted by Gasteiger charge is -2.27. The van der Waals surface area contributed by atoms with E-state index in [4.69, 9.17) is 16.3 Å². The summed E-state index contributed by atoms with van der Waals surface area (Å²) in [6.45, 7) is 0. The summed E-state index contributed by atoms with van der Waals surface area (Å²) in [7, 11) is 3.02. The monoisotopic (exact) mass is 359 g/mol.